The normalized spacial score (nSPS) is 11.6. The molecule has 3 aromatic rings. The molecule has 0 aliphatic carbocycles. The Morgan fingerprint density at radius 2 is 1.64 bits per heavy atom. The maximum atomic E-state index is 14.5. The number of carbonyl (C=O) groups excluding carboxylic acids is 2. The van der Waals surface area contributed by atoms with Gasteiger partial charge in [-0.3, -0.25) is 9.59 Å². The van der Waals surface area contributed by atoms with E-state index in [9.17, 15) is 14.0 Å². The molecule has 5 heteroatoms. The van der Waals surface area contributed by atoms with Crippen LogP contribution < -0.4 is 5.32 Å². The highest BCUT2D eigenvalue weighted by atomic mass is 19.1. The number of halogens is 1. The van der Waals surface area contributed by atoms with Crippen LogP contribution in [0.15, 0.2) is 78.9 Å². The lowest BCUT2D eigenvalue weighted by atomic mass is 10.0. The molecule has 33 heavy (non-hydrogen) atoms. The Bertz CT molecular complexity index is 1070. The largest absolute Gasteiger partial charge is 0.354 e. The standard InChI is InChI=1S/C28H31FN2O2/c1-3-16-30-28(33)26(18-22-11-5-4-6-12-22)31(20-24-14-7-8-15-25(24)29)27(32)19-23-13-9-10-21(2)17-23/h4-15,17,26H,3,16,18-20H2,1-2H3,(H,30,33)/t26-/m1/s1. The molecular weight excluding hydrogens is 415 g/mol. The second-order valence-corrected chi connectivity index (χ2v) is 8.28. The average Bonchev–Trinajstić information content (AvgIpc) is 2.81. The van der Waals surface area contributed by atoms with Crippen LogP contribution in [0.4, 0.5) is 4.39 Å². The maximum Gasteiger partial charge on any atom is 0.243 e. The van der Waals surface area contributed by atoms with Gasteiger partial charge in [0, 0.05) is 25.1 Å². The van der Waals surface area contributed by atoms with E-state index in [0.29, 0.717) is 18.5 Å². The summed E-state index contributed by atoms with van der Waals surface area (Å²) >= 11 is 0. The summed E-state index contributed by atoms with van der Waals surface area (Å²) < 4.78 is 14.5. The maximum absolute atomic E-state index is 14.5. The van der Waals surface area contributed by atoms with Crippen molar-refractivity contribution in [2.45, 2.75) is 45.7 Å². The molecule has 0 heterocycles. The number of benzene rings is 3. The van der Waals surface area contributed by atoms with E-state index in [1.165, 1.54) is 11.0 Å². The summed E-state index contributed by atoms with van der Waals surface area (Å²) in [4.78, 5) is 28.3. The molecular formula is C28H31FN2O2. The third-order valence-corrected chi connectivity index (χ3v) is 5.56. The van der Waals surface area contributed by atoms with Gasteiger partial charge in [0.2, 0.25) is 11.8 Å². The molecule has 0 saturated heterocycles. The van der Waals surface area contributed by atoms with Gasteiger partial charge in [-0.2, -0.15) is 0 Å². The number of nitrogens with zero attached hydrogens (tertiary/aromatic N) is 1. The molecule has 0 bridgehead atoms. The highest BCUT2D eigenvalue weighted by Crippen LogP contribution is 2.18. The monoisotopic (exact) mass is 446 g/mol. The fourth-order valence-corrected chi connectivity index (χ4v) is 3.83. The summed E-state index contributed by atoms with van der Waals surface area (Å²) in [6.45, 7) is 4.49. The summed E-state index contributed by atoms with van der Waals surface area (Å²) in [5, 5.41) is 2.93. The lowest BCUT2D eigenvalue weighted by molar-refractivity contribution is -0.140. The van der Waals surface area contributed by atoms with Gasteiger partial charge in [-0.25, -0.2) is 4.39 Å². The van der Waals surface area contributed by atoms with Gasteiger partial charge in [-0.05, 0) is 30.5 Å². The Balaban J connectivity index is 1.96. The molecule has 0 radical (unpaired) electrons. The zero-order valence-corrected chi connectivity index (χ0v) is 19.3. The van der Waals surface area contributed by atoms with Crippen molar-refractivity contribution < 1.29 is 14.0 Å². The van der Waals surface area contributed by atoms with E-state index in [2.05, 4.69) is 5.32 Å². The van der Waals surface area contributed by atoms with E-state index in [1.54, 1.807) is 18.2 Å². The Morgan fingerprint density at radius 3 is 2.33 bits per heavy atom. The van der Waals surface area contributed by atoms with E-state index in [4.69, 9.17) is 0 Å². The number of aryl methyl sites for hydroxylation is 1. The molecule has 4 nitrogen and oxygen atoms in total. The van der Waals surface area contributed by atoms with Gasteiger partial charge in [-0.1, -0.05) is 85.3 Å². The zero-order chi connectivity index (χ0) is 23.6. The lowest BCUT2D eigenvalue weighted by Crippen LogP contribution is -2.51. The van der Waals surface area contributed by atoms with Gasteiger partial charge in [0.15, 0.2) is 0 Å². The van der Waals surface area contributed by atoms with Crippen LogP contribution in [0, 0.1) is 12.7 Å². The van der Waals surface area contributed by atoms with E-state index in [-0.39, 0.29) is 24.8 Å². The summed E-state index contributed by atoms with van der Waals surface area (Å²) in [6, 6.07) is 23.0. The van der Waals surface area contributed by atoms with Gasteiger partial charge < -0.3 is 10.2 Å². The van der Waals surface area contributed by atoms with Crippen molar-refractivity contribution in [2.75, 3.05) is 6.54 Å². The number of hydrogen-bond acceptors (Lipinski definition) is 2. The SMILES string of the molecule is CCCNC(=O)[C@@H](Cc1ccccc1)N(Cc1ccccc1F)C(=O)Cc1cccc(C)c1. The van der Waals surface area contributed by atoms with Gasteiger partial charge in [0.1, 0.15) is 11.9 Å². The van der Waals surface area contributed by atoms with E-state index < -0.39 is 11.9 Å². The Morgan fingerprint density at radius 1 is 0.939 bits per heavy atom. The molecule has 3 rings (SSSR count). The fourth-order valence-electron chi connectivity index (χ4n) is 3.83. The van der Waals surface area contributed by atoms with Crippen molar-refractivity contribution in [1.29, 1.82) is 0 Å². The molecule has 1 N–H and O–H groups in total. The summed E-state index contributed by atoms with van der Waals surface area (Å²) in [6.07, 6.45) is 1.28. The number of carbonyl (C=O) groups is 2. The molecule has 0 unspecified atom stereocenters. The summed E-state index contributed by atoms with van der Waals surface area (Å²) in [7, 11) is 0. The van der Waals surface area contributed by atoms with E-state index >= 15 is 0 Å². The van der Waals surface area contributed by atoms with Crippen molar-refractivity contribution in [3.8, 4) is 0 Å². The molecule has 0 saturated carbocycles. The van der Waals surface area contributed by atoms with Crippen LogP contribution in [0.5, 0.6) is 0 Å². The average molecular weight is 447 g/mol. The first kappa shape index (κ1) is 24.2. The molecule has 172 valence electrons. The summed E-state index contributed by atoms with van der Waals surface area (Å²) in [5.74, 6) is -0.829. The highest BCUT2D eigenvalue weighted by Gasteiger charge is 2.30. The van der Waals surface area contributed by atoms with Crippen LogP contribution in [-0.4, -0.2) is 29.3 Å². The highest BCUT2D eigenvalue weighted by molar-refractivity contribution is 5.88. The van der Waals surface area contributed by atoms with Crippen molar-refractivity contribution in [3.05, 3.63) is 107 Å². The minimum absolute atomic E-state index is 0.0222. The van der Waals surface area contributed by atoms with Crippen LogP contribution in [-0.2, 0) is 29.0 Å². The molecule has 1 atom stereocenters. The molecule has 0 fully saturated rings. The molecule has 2 amide bonds. The second kappa shape index (κ2) is 12.0. The smallest absolute Gasteiger partial charge is 0.243 e. The first-order valence-corrected chi connectivity index (χ1v) is 11.4. The third kappa shape index (κ3) is 7.01. The number of nitrogens with one attached hydrogen (secondary N) is 1. The Hall–Kier alpha value is -3.47. The quantitative estimate of drug-likeness (QED) is 0.484. The zero-order valence-electron chi connectivity index (χ0n) is 19.3. The first-order chi connectivity index (χ1) is 16.0. The fraction of sp³-hybridized carbons (Fsp3) is 0.286. The first-order valence-electron chi connectivity index (χ1n) is 11.4. The van der Waals surface area contributed by atoms with Crippen LogP contribution in [0.1, 0.15) is 35.6 Å². The molecule has 3 aromatic carbocycles. The minimum atomic E-state index is -0.754. The Labute approximate surface area is 195 Å². The van der Waals surface area contributed by atoms with E-state index in [0.717, 1.165) is 23.1 Å². The van der Waals surface area contributed by atoms with Crippen molar-refractivity contribution >= 4 is 11.8 Å². The topological polar surface area (TPSA) is 49.4 Å². The van der Waals surface area contributed by atoms with Gasteiger partial charge in [0.25, 0.3) is 0 Å². The second-order valence-electron chi connectivity index (χ2n) is 8.28. The summed E-state index contributed by atoms with van der Waals surface area (Å²) in [5.41, 5.74) is 3.25. The minimum Gasteiger partial charge on any atom is -0.354 e. The van der Waals surface area contributed by atoms with Crippen molar-refractivity contribution in [3.63, 3.8) is 0 Å². The van der Waals surface area contributed by atoms with Gasteiger partial charge in [-0.15, -0.1) is 0 Å². The predicted octanol–water partition coefficient (Wildman–Crippen LogP) is 4.84. The van der Waals surface area contributed by atoms with Crippen molar-refractivity contribution in [1.82, 2.24) is 10.2 Å². The lowest BCUT2D eigenvalue weighted by Gasteiger charge is -2.32. The third-order valence-electron chi connectivity index (χ3n) is 5.56. The van der Waals surface area contributed by atoms with Crippen LogP contribution in [0.2, 0.25) is 0 Å². The molecule has 0 aliphatic rings. The van der Waals surface area contributed by atoms with Crippen LogP contribution in [0.25, 0.3) is 0 Å². The number of rotatable bonds is 10. The molecule has 0 aromatic heterocycles. The van der Waals surface area contributed by atoms with E-state index in [1.807, 2.05) is 68.4 Å². The van der Waals surface area contributed by atoms with Gasteiger partial charge in [0.05, 0.1) is 6.42 Å². The van der Waals surface area contributed by atoms with Crippen LogP contribution in [0.3, 0.4) is 0 Å². The molecule has 0 spiro atoms. The Kier molecular flexibility index (Phi) is 8.76. The number of hydrogen-bond donors (Lipinski definition) is 1. The predicted molar refractivity (Wildman–Crippen MR) is 129 cm³/mol. The van der Waals surface area contributed by atoms with Crippen LogP contribution >= 0.6 is 0 Å². The van der Waals surface area contributed by atoms with Crippen molar-refractivity contribution in [2.24, 2.45) is 0 Å². The number of amides is 2. The van der Waals surface area contributed by atoms with Gasteiger partial charge >= 0.3 is 0 Å². The molecule has 0 aliphatic heterocycles.